The first kappa shape index (κ1) is 20.7. The lowest BCUT2D eigenvalue weighted by atomic mass is 10.0. The number of pyridine rings is 1. The van der Waals surface area contributed by atoms with Crippen LogP contribution in [0.1, 0.15) is 57.5 Å². The predicted molar refractivity (Wildman–Crippen MR) is 125 cm³/mol. The molecule has 7 nitrogen and oxygen atoms in total. The molecule has 1 aromatic carbocycles. The van der Waals surface area contributed by atoms with Crippen LogP contribution in [0.15, 0.2) is 30.5 Å². The van der Waals surface area contributed by atoms with Gasteiger partial charge in [0.05, 0.1) is 18.8 Å². The molecule has 0 bridgehead atoms. The highest BCUT2D eigenvalue weighted by Crippen LogP contribution is 2.35. The van der Waals surface area contributed by atoms with Crippen molar-refractivity contribution in [1.82, 2.24) is 14.8 Å². The number of hydrogen-bond acceptors (Lipinski definition) is 5. The third-order valence-corrected chi connectivity index (χ3v) is 7.38. The van der Waals surface area contributed by atoms with E-state index in [4.69, 9.17) is 9.72 Å². The van der Waals surface area contributed by atoms with Crippen LogP contribution in [0, 0.1) is 5.92 Å². The summed E-state index contributed by atoms with van der Waals surface area (Å²) in [5.41, 5.74) is 4.80. The van der Waals surface area contributed by atoms with Crippen molar-refractivity contribution < 1.29 is 14.3 Å². The second-order valence-corrected chi connectivity index (χ2v) is 9.75. The average molecular weight is 447 g/mol. The van der Waals surface area contributed by atoms with Crippen LogP contribution in [0.25, 0.3) is 0 Å². The van der Waals surface area contributed by atoms with Gasteiger partial charge in [0.15, 0.2) is 0 Å². The van der Waals surface area contributed by atoms with Gasteiger partial charge in [-0.25, -0.2) is 4.98 Å². The van der Waals surface area contributed by atoms with Gasteiger partial charge in [0, 0.05) is 56.1 Å². The quantitative estimate of drug-likeness (QED) is 0.720. The van der Waals surface area contributed by atoms with Gasteiger partial charge in [0.1, 0.15) is 5.82 Å². The lowest BCUT2D eigenvalue weighted by Gasteiger charge is -2.31. The number of aromatic nitrogens is 1. The molecule has 2 aromatic rings. The van der Waals surface area contributed by atoms with E-state index < -0.39 is 0 Å². The van der Waals surface area contributed by atoms with Crippen molar-refractivity contribution in [3.05, 3.63) is 52.7 Å². The number of nitrogens with zero attached hydrogens (tertiary/aromatic N) is 4. The fraction of sp³-hybridized carbons (Fsp3) is 0.500. The van der Waals surface area contributed by atoms with Gasteiger partial charge in [0.25, 0.3) is 11.8 Å². The lowest BCUT2D eigenvalue weighted by Crippen LogP contribution is -2.39. The molecule has 172 valence electrons. The number of carbonyl (C=O) groups is 2. The van der Waals surface area contributed by atoms with Crippen molar-refractivity contribution in [2.45, 2.75) is 38.6 Å². The number of amides is 2. The maximum Gasteiger partial charge on any atom is 0.255 e. The molecule has 0 saturated carbocycles. The van der Waals surface area contributed by atoms with E-state index in [0.29, 0.717) is 18.0 Å². The summed E-state index contributed by atoms with van der Waals surface area (Å²) in [5, 5.41) is 0. The van der Waals surface area contributed by atoms with Gasteiger partial charge in [-0.2, -0.15) is 0 Å². The number of piperidine rings is 1. The molecule has 6 rings (SSSR count). The first-order valence-electron chi connectivity index (χ1n) is 12.2. The molecule has 4 aliphatic rings. The molecule has 2 amide bonds. The third kappa shape index (κ3) is 3.78. The molecule has 0 unspecified atom stereocenters. The maximum absolute atomic E-state index is 13.0. The van der Waals surface area contributed by atoms with Crippen LogP contribution >= 0.6 is 0 Å². The zero-order valence-electron chi connectivity index (χ0n) is 19.0. The molecule has 0 radical (unpaired) electrons. The predicted octanol–water partition coefficient (Wildman–Crippen LogP) is 3.39. The Morgan fingerprint density at radius 1 is 1.03 bits per heavy atom. The number of anilines is 2. The maximum atomic E-state index is 13.0. The zero-order valence-corrected chi connectivity index (χ0v) is 19.0. The van der Waals surface area contributed by atoms with Crippen LogP contribution in [0.5, 0.6) is 0 Å². The Balaban J connectivity index is 1.23. The molecular weight excluding hydrogens is 416 g/mol. The summed E-state index contributed by atoms with van der Waals surface area (Å²) in [6, 6.07) is 8.20. The first-order chi connectivity index (χ1) is 16.2. The Morgan fingerprint density at radius 2 is 1.88 bits per heavy atom. The van der Waals surface area contributed by atoms with Crippen molar-refractivity contribution in [3.8, 4) is 0 Å². The van der Waals surface area contributed by atoms with Crippen LogP contribution in [-0.2, 0) is 17.7 Å². The Morgan fingerprint density at radius 3 is 2.67 bits per heavy atom. The van der Waals surface area contributed by atoms with E-state index in [2.05, 4.69) is 11.0 Å². The van der Waals surface area contributed by atoms with E-state index >= 15 is 0 Å². The van der Waals surface area contributed by atoms with Gasteiger partial charge in [-0.15, -0.1) is 0 Å². The summed E-state index contributed by atoms with van der Waals surface area (Å²) < 4.78 is 5.27. The summed E-state index contributed by atoms with van der Waals surface area (Å²) >= 11 is 0. The summed E-state index contributed by atoms with van der Waals surface area (Å²) in [4.78, 5) is 36.7. The monoisotopic (exact) mass is 446 g/mol. The molecule has 2 fully saturated rings. The van der Waals surface area contributed by atoms with Gasteiger partial charge in [-0.3, -0.25) is 9.59 Å². The van der Waals surface area contributed by atoms with Crippen LogP contribution < -0.4 is 4.90 Å². The summed E-state index contributed by atoms with van der Waals surface area (Å²) in [5.74, 6) is 1.63. The van der Waals surface area contributed by atoms with Gasteiger partial charge in [-0.05, 0) is 67.5 Å². The van der Waals surface area contributed by atoms with Crippen LogP contribution in [0.3, 0.4) is 0 Å². The molecule has 0 N–H and O–H groups in total. The van der Waals surface area contributed by atoms with E-state index in [0.717, 1.165) is 93.3 Å². The minimum atomic E-state index is 0.107. The molecule has 1 aromatic heterocycles. The average Bonchev–Trinajstić information content (AvgIpc) is 3.15. The van der Waals surface area contributed by atoms with Crippen LogP contribution in [-0.4, -0.2) is 66.0 Å². The molecule has 0 aliphatic carbocycles. The van der Waals surface area contributed by atoms with E-state index in [1.54, 1.807) is 6.20 Å². The highest BCUT2D eigenvalue weighted by atomic mass is 16.5. The second kappa shape index (κ2) is 8.45. The van der Waals surface area contributed by atoms with E-state index in [9.17, 15) is 9.59 Å². The number of fused-ring (bicyclic) bond motifs is 2. The highest BCUT2D eigenvalue weighted by molar-refractivity contribution is 5.99. The molecule has 0 spiro atoms. The Kier molecular flexibility index (Phi) is 5.29. The molecular formula is C26H30N4O3. The Labute approximate surface area is 194 Å². The number of benzene rings is 1. The van der Waals surface area contributed by atoms with Gasteiger partial charge in [0.2, 0.25) is 0 Å². The molecule has 4 aliphatic heterocycles. The normalized spacial score (nSPS) is 20.5. The number of hydrogen-bond donors (Lipinski definition) is 0. The Hall–Kier alpha value is -2.93. The summed E-state index contributed by atoms with van der Waals surface area (Å²) in [6.07, 6.45) is 7.07. The van der Waals surface area contributed by atoms with E-state index in [1.807, 2.05) is 28.0 Å². The largest absolute Gasteiger partial charge is 0.381 e. The smallest absolute Gasteiger partial charge is 0.255 e. The third-order valence-electron chi connectivity index (χ3n) is 7.38. The van der Waals surface area contributed by atoms with Crippen LogP contribution in [0.2, 0.25) is 0 Å². The fourth-order valence-corrected chi connectivity index (χ4v) is 5.50. The van der Waals surface area contributed by atoms with Gasteiger partial charge >= 0.3 is 0 Å². The fourth-order valence-electron chi connectivity index (χ4n) is 5.50. The van der Waals surface area contributed by atoms with Crippen LogP contribution in [0.4, 0.5) is 11.5 Å². The number of carbonyl (C=O) groups excluding carboxylic acids is 2. The molecule has 0 atom stereocenters. The topological polar surface area (TPSA) is 66.0 Å². The highest BCUT2D eigenvalue weighted by Gasteiger charge is 2.32. The van der Waals surface area contributed by atoms with Gasteiger partial charge in [-0.1, -0.05) is 0 Å². The molecule has 2 saturated heterocycles. The Bertz CT molecular complexity index is 1090. The van der Waals surface area contributed by atoms with Crippen molar-refractivity contribution in [1.29, 1.82) is 0 Å². The summed E-state index contributed by atoms with van der Waals surface area (Å²) in [7, 11) is 0. The minimum Gasteiger partial charge on any atom is -0.381 e. The number of ether oxygens (including phenoxy) is 1. The second-order valence-electron chi connectivity index (χ2n) is 9.75. The van der Waals surface area contributed by atoms with Crippen molar-refractivity contribution in [3.63, 3.8) is 0 Å². The minimum absolute atomic E-state index is 0.107. The van der Waals surface area contributed by atoms with Crippen molar-refractivity contribution >= 4 is 23.3 Å². The van der Waals surface area contributed by atoms with Crippen molar-refractivity contribution in [2.24, 2.45) is 5.92 Å². The lowest BCUT2D eigenvalue weighted by molar-refractivity contribution is -0.0433. The molecule has 7 heteroatoms. The van der Waals surface area contributed by atoms with E-state index in [-0.39, 0.29) is 11.8 Å². The molecule has 33 heavy (non-hydrogen) atoms. The molecule has 5 heterocycles. The standard InChI is InChI=1S/C26H30N4O3/c31-25(28-8-2-1-3-9-28)20-11-19-5-4-10-30(24(19)27-13-20)22-6-7-23-21(12-22)15-29(26(23)32)14-18-16-33-17-18/h6-7,11-13,18H,1-5,8-10,14-17H2. The number of likely N-dealkylation sites (tertiary alicyclic amines) is 1. The van der Waals surface area contributed by atoms with Crippen molar-refractivity contribution in [2.75, 3.05) is 44.3 Å². The van der Waals surface area contributed by atoms with Gasteiger partial charge < -0.3 is 19.4 Å². The summed E-state index contributed by atoms with van der Waals surface area (Å²) in [6.45, 7) is 5.52. The SMILES string of the molecule is O=C(c1cnc2c(c1)CCCN2c1ccc2c(c1)CN(CC1COC1)C2=O)N1CCCCC1. The zero-order chi connectivity index (χ0) is 22.4. The number of rotatable bonds is 4. The van der Waals surface area contributed by atoms with E-state index in [1.165, 1.54) is 6.42 Å². The number of aryl methyl sites for hydroxylation is 1. The first-order valence-corrected chi connectivity index (χ1v) is 12.2.